The molecule has 20 heavy (non-hydrogen) atoms. The molecule has 4 heteroatoms. The maximum Gasteiger partial charge on any atom is 0.322 e. The number of fused-ring (bicyclic) bond motifs is 1. The molecule has 0 bridgehead atoms. The molecule has 0 spiro atoms. The third-order valence-electron chi connectivity index (χ3n) is 3.01. The fourth-order valence-corrected chi connectivity index (χ4v) is 1.93. The number of nitrogens with zero attached hydrogens (tertiary/aromatic N) is 3. The van der Waals surface area contributed by atoms with Crippen molar-refractivity contribution in [3.05, 3.63) is 54.7 Å². The molecule has 0 amide bonds. The van der Waals surface area contributed by atoms with E-state index in [1.807, 2.05) is 67.5 Å². The van der Waals surface area contributed by atoms with E-state index in [-0.39, 0.29) is 0 Å². The summed E-state index contributed by atoms with van der Waals surface area (Å²) in [7, 11) is 3.98. The van der Waals surface area contributed by atoms with E-state index in [0.717, 1.165) is 22.3 Å². The highest BCUT2D eigenvalue weighted by molar-refractivity contribution is 5.77. The Morgan fingerprint density at radius 3 is 2.70 bits per heavy atom. The minimum atomic E-state index is 0.361. The Morgan fingerprint density at radius 2 is 1.85 bits per heavy atom. The molecule has 2 aromatic carbocycles. The lowest BCUT2D eigenvalue weighted by Crippen LogP contribution is -2.08. The fraction of sp³-hybridized carbons (Fsp3) is 0.125. The molecular formula is C16H15N3O. The Bertz CT molecular complexity index is 740. The first-order chi connectivity index (χ1) is 9.72. The molecule has 0 aliphatic heterocycles. The lowest BCUT2D eigenvalue weighted by atomic mass is 10.2. The highest BCUT2D eigenvalue weighted by atomic mass is 16.5. The quantitative estimate of drug-likeness (QED) is 0.726. The van der Waals surface area contributed by atoms with Gasteiger partial charge in [0.05, 0.1) is 5.52 Å². The van der Waals surface area contributed by atoms with Crippen LogP contribution in [0.15, 0.2) is 54.7 Å². The van der Waals surface area contributed by atoms with Gasteiger partial charge in [-0.05, 0) is 18.2 Å². The van der Waals surface area contributed by atoms with Crippen LogP contribution in [0.1, 0.15) is 0 Å². The third kappa shape index (κ3) is 2.54. The molecule has 0 aliphatic rings. The number of anilines is 1. The summed E-state index contributed by atoms with van der Waals surface area (Å²) in [4.78, 5) is 10.6. The minimum absolute atomic E-state index is 0.361. The first-order valence-corrected chi connectivity index (χ1v) is 6.39. The molecule has 0 saturated carbocycles. The van der Waals surface area contributed by atoms with Gasteiger partial charge in [-0.1, -0.05) is 24.3 Å². The van der Waals surface area contributed by atoms with Crippen LogP contribution in [0.2, 0.25) is 0 Å². The largest absolute Gasteiger partial charge is 0.424 e. The van der Waals surface area contributed by atoms with Crippen LogP contribution >= 0.6 is 0 Å². The number of ether oxygens (including phenoxy) is 1. The maximum atomic E-state index is 5.73. The summed E-state index contributed by atoms with van der Waals surface area (Å²) in [6.45, 7) is 0. The van der Waals surface area contributed by atoms with Crippen LogP contribution in [-0.2, 0) is 0 Å². The van der Waals surface area contributed by atoms with Crippen LogP contribution in [-0.4, -0.2) is 24.1 Å². The van der Waals surface area contributed by atoms with Gasteiger partial charge in [0, 0.05) is 37.4 Å². The molecule has 1 aromatic heterocycles. The van der Waals surface area contributed by atoms with Gasteiger partial charge in [0.15, 0.2) is 0 Å². The second-order valence-electron chi connectivity index (χ2n) is 4.71. The molecule has 0 radical (unpaired) electrons. The number of hydrogen-bond donors (Lipinski definition) is 0. The Labute approximate surface area is 117 Å². The predicted molar refractivity (Wildman–Crippen MR) is 80.4 cm³/mol. The Kier molecular flexibility index (Phi) is 3.21. The molecular weight excluding hydrogens is 250 g/mol. The van der Waals surface area contributed by atoms with Crippen LogP contribution in [0.4, 0.5) is 5.69 Å². The van der Waals surface area contributed by atoms with Crippen molar-refractivity contribution in [2.75, 3.05) is 19.0 Å². The lowest BCUT2D eigenvalue weighted by molar-refractivity contribution is 0.444. The number of para-hydroxylation sites is 1. The van der Waals surface area contributed by atoms with Crippen LogP contribution < -0.4 is 9.64 Å². The maximum absolute atomic E-state index is 5.73. The SMILES string of the molecule is CN(C)c1cccc(Oc2ncc3ccccc3n2)c1. The Morgan fingerprint density at radius 1 is 1.00 bits per heavy atom. The number of hydrogen-bond acceptors (Lipinski definition) is 4. The van der Waals surface area contributed by atoms with Crippen molar-refractivity contribution < 1.29 is 4.74 Å². The monoisotopic (exact) mass is 265 g/mol. The molecule has 0 fully saturated rings. The minimum Gasteiger partial charge on any atom is -0.424 e. The van der Waals surface area contributed by atoms with Crippen molar-refractivity contribution in [2.24, 2.45) is 0 Å². The van der Waals surface area contributed by atoms with Gasteiger partial charge in [0.2, 0.25) is 0 Å². The molecule has 0 saturated heterocycles. The molecule has 0 unspecified atom stereocenters. The summed E-state index contributed by atoms with van der Waals surface area (Å²) < 4.78 is 5.73. The van der Waals surface area contributed by atoms with E-state index in [2.05, 4.69) is 9.97 Å². The molecule has 0 atom stereocenters. The number of aromatic nitrogens is 2. The molecule has 0 aliphatic carbocycles. The zero-order valence-corrected chi connectivity index (χ0v) is 11.4. The van der Waals surface area contributed by atoms with E-state index in [1.165, 1.54) is 0 Å². The summed E-state index contributed by atoms with van der Waals surface area (Å²) >= 11 is 0. The highest BCUT2D eigenvalue weighted by Crippen LogP contribution is 2.23. The molecule has 3 rings (SSSR count). The van der Waals surface area contributed by atoms with Crippen molar-refractivity contribution in [3.63, 3.8) is 0 Å². The van der Waals surface area contributed by atoms with E-state index >= 15 is 0 Å². The van der Waals surface area contributed by atoms with E-state index in [0.29, 0.717) is 6.01 Å². The summed E-state index contributed by atoms with van der Waals surface area (Å²) in [5.41, 5.74) is 1.95. The van der Waals surface area contributed by atoms with Crippen LogP contribution in [0.5, 0.6) is 11.8 Å². The van der Waals surface area contributed by atoms with Crippen molar-refractivity contribution in [1.29, 1.82) is 0 Å². The first-order valence-electron chi connectivity index (χ1n) is 6.39. The van der Waals surface area contributed by atoms with Crippen molar-refractivity contribution >= 4 is 16.6 Å². The van der Waals surface area contributed by atoms with E-state index in [4.69, 9.17) is 4.74 Å². The molecule has 4 nitrogen and oxygen atoms in total. The topological polar surface area (TPSA) is 38.2 Å². The van der Waals surface area contributed by atoms with Gasteiger partial charge in [-0.15, -0.1) is 0 Å². The van der Waals surface area contributed by atoms with E-state index in [9.17, 15) is 0 Å². The second kappa shape index (κ2) is 5.17. The third-order valence-corrected chi connectivity index (χ3v) is 3.01. The lowest BCUT2D eigenvalue weighted by Gasteiger charge is -2.13. The van der Waals surface area contributed by atoms with Crippen molar-refractivity contribution in [2.45, 2.75) is 0 Å². The van der Waals surface area contributed by atoms with Crippen LogP contribution in [0.3, 0.4) is 0 Å². The molecule has 100 valence electrons. The van der Waals surface area contributed by atoms with Crippen LogP contribution in [0, 0.1) is 0 Å². The van der Waals surface area contributed by atoms with Gasteiger partial charge in [-0.3, -0.25) is 0 Å². The van der Waals surface area contributed by atoms with Crippen LogP contribution in [0.25, 0.3) is 10.9 Å². The smallest absolute Gasteiger partial charge is 0.322 e. The van der Waals surface area contributed by atoms with Crippen molar-refractivity contribution in [3.8, 4) is 11.8 Å². The summed E-state index contributed by atoms with van der Waals surface area (Å²) in [5.74, 6) is 0.728. The van der Waals surface area contributed by atoms with E-state index in [1.54, 1.807) is 6.20 Å². The van der Waals surface area contributed by atoms with E-state index < -0.39 is 0 Å². The zero-order chi connectivity index (χ0) is 13.9. The molecule has 0 N–H and O–H groups in total. The fourth-order valence-electron chi connectivity index (χ4n) is 1.93. The molecule has 1 heterocycles. The number of benzene rings is 2. The second-order valence-corrected chi connectivity index (χ2v) is 4.71. The normalized spacial score (nSPS) is 10.5. The average molecular weight is 265 g/mol. The summed E-state index contributed by atoms with van der Waals surface area (Å²) in [6.07, 6.45) is 1.77. The van der Waals surface area contributed by atoms with Gasteiger partial charge in [0.25, 0.3) is 0 Å². The van der Waals surface area contributed by atoms with Crippen molar-refractivity contribution in [1.82, 2.24) is 9.97 Å². The number of rotatable bonds is 3. The Balaban J connectivity index is 1.90. The molecule has 3 aromatic rings. The summed E-state index contributed by atoms with van der Waals surface area (Å²) in [6, 6.07) is 16.0. The van der Waals surface area contributed by atoms with Gasteiger partial charge in [-0.25, -0.2) is 4.98 Å². The predicted octanol–water partition coefficient (Wildman–Crippen LogP) is 3.49. The standard InChI is InChI=1S/C16H15N3O/c1-19(2)13-7-5-8-14(10-13)20-16-17-11-12-6-3-4-9-15(12)18-16/h3-11H,1-2H3. The van der Waals surface area contributed by atoms with Gasteiger partial charge >= 0.3 is 6.01 Å². The summed E-state index contributed by atoms with van der Waals surface area (Å²) in [5, 5.41) is 1.00. The van der Waals surface area contributed by atoms with Gasteiger partial charge < -0.3 is 9.64 Å². The highest BCUT2D eigenvalue weighted by Gasteiger charge is 2.04. The average Bonchev–Trinajstić information content (AvgIpc) is 2.47. The first kappa shape index (κ1) is 12.4. The van der Waals surface area contributed by atoms with Gasteiger partial charge in [0.1, 0.15) is 5.75 Å². The Hall–Kier alpha value is -2.62. The zero-order valence-electron chi connectivity index (χ0n) is 11.4. The van der Waals surface area contributed by atoms with Gasteiger partial charge in [-0.2, -0.15) is 4.98 Å².